The molecule has 8 heteroatoms. The fraction of sp³-hybridized carbons (Fsp3) is 0.176. The van der Waals surface area contributed by atoms with E-state index in [2.05, 4.69) is 15.6 Å². The number of nitrogens with zero attached hydrogens (tertiary/aromatic N) is 3. The van der Waals surface area contributed by atoms with Gasteiger partial charge in [0.05, 0.1) is 0 Å². The summed E-state index contributed by atoms with van der Waals surface area (Å²) in [7, 11) is 0. The number of hydrogen-bond donors (Lipinski definition) is 1. The van der Waals surface area contributed by atoms with Crippen molar-refractivity contribution in [3.05, 3.63) is 53.8 Å². The van der Waals surface area contributed by atoms with Crippen molar-refractivity contribution >= 4 is 11.8 Å². The van der Waals surface area contributed by atoms with Gasteiger partial charge in [-0.3, -0.25) is 0 Å². The summed E-state index contributed by atoms with van der Waals surface area (Å²) < 4.78 is 27.0. The molecular weight excluding hydrogens is 343 g/mol. The first-order chi connectivity index (χ1) is 12.3. The molecular formula is C17H13FN4O2S. The monoisotopic (exact) mass is 356 g/mol. The Kier molecular flexibility index (Phi) is 3.30. The first-order valence-corrected chi connectivity index (χ1v) is 8.70. The van der Waals surface area contributed by atoms with Gasteiger partial charge in [-0.15, -0.1) is 10.2 Å². The summed E-state index contributed by atoms with van der Waals surface area (Å²) in [4.78, 5) is 0. The average Bonchev–Trinajstić information content (AvgIpc) is 3.22. The van der Waals surface area contributed by atoms with E-state index in [0.717, 1.165) is 11.3 Å². The minimum atomic E-state index is -0.248. The molecule has 5 rings (SSSR count). The second kappa shape index (κ2) is 5.66. The second-order valence-electron chi connectivity index (χ2n) is 5.65. The average molecular weight is 356 g/mol. The van der Waals surface area contributed by atoms with Crippen molar-refractivity contribution in [3.8, 4) is 22.9 Å². The Hall–Kier alpha value is -2.74. The maximum atomic E-state index is 14.1. The van der Waals surface area contributed by atoms with E-state index in [0.29, 0.717) is 35.5 Å². The fourth-order valence-corrected chi connectivity index (χ4v) is 3.92. The summed E-state index contributed by atoms with van der Waals surface area (Å²) in [5, 5.41) is 8.90. The zero-order chi connectivity index (χ0) is 16.8. The van der Waals surface area contributed by atoms with E-state index >= 15 is 0 Å². The third-order valence-corrected chi connectivity index (χ3v) is 5.16. The number of nitrogens with one attached hydrogen (secondary N) is 1. The molecule has 2 aliphatic rings. The number of aromatic nitrogens is 3. The van der Waals surface area contributed by atoms with Crippen LogP contribution < -0.4 is 14.9 Å². The molecule has 0 amide bonds. The maximum absolute atomic E-state index is 14.1. The summed E-state index contributed by atoms with van der Waals surface area (Å²) in [6, 6.07) is 12.4. The number of fused-ring (bicyclic) bond motifs is 2. The van der Waals surface area contributed by atoms with Gasteiger partial charge in [-0.1, -0.05) is 30.0 Å². The van der Waals surface area contributed by atoms with E-state index in [1.165, 1.54) is 17.8 Å². The molecule has 25 heavy (non-hydrogen) atoms. The van der Waals surface area contributed by atoms with Crippen LogP contribution in [-0.4, -0.2) is 28.1 Å². The van der Waals surface area contributed by atoms with Gasteiger partial charge < -0.3 is 14.9 Å². The maximum Gasteiger partial charge on any atom is 0.212 e. The highest BCUT2D eigenvalue weighted by Gasteiger charge is 2.30. The number of hydrogen-bond acceptors (Lipinski definition) is 6. The van der Waals surface area contributed by atoms with Crippen LogP contribution in [0.3, 0.4) is 0 Å². The smallest absolute Gasteiger partial charge is 0.212 e. The lowest BCUT2D eigenvalue weighted by Gasteiger charge is -2.19. The fourth-order valence-electron chi connectivity index (χ4n) is 2.90. The molecule has 3 heterocycles. The molecule has 2 aromatic carbocycles. The molecule has 1 unspecified atom stereocenters. The number of halogens is 1. The van der Waals surface area contributed by atoms with Gasteiger partial charge in [-0.05, 0) is 24.3 Å². The van der Waals surface area contributed by atoms with E-state index in [1.807, 2.05) is 24.3 Å². The Labute approximate surface area is 146 Å². The molecule has 0 radical (unpaired) electrons. The second-order valence-corrected chi connectivity index (χ2v) is 6.72. The molecule has 0 fully saturated rings. The van der Waals surface area contributed by atoms with Crippen LogP contribution in [0.1, 0.15) is 10.9 Å². The molecule has 6 nitrogen and oxygen atoms in total. The predicted molar refractivity (Wildman–Crippen MR) is 90.8 cm³/mol. The van der Waals surface area contributed by atoms with Crippen molar-refractivity contribution in [3.63, 3.8) is 0 Å². The Morgan fingerprint density at radius 1 is 1.08 bits per heavy atom. The van der Waals surface area contributed by atoms with Crippen molar-refractivity contribution in [2.45, 2.75) is 10.5 Å². The summed E-state index contributed by atoms with van der Waals surface area (Å²) in [5.41, 5.74) is 4.70. The van der Waals surface area contributed by atoms with Crippen LogP contribution in [0.25, 0.3) is 11.4 Å². The third-order valence-electron chi connectivity index (χ3n) is 4.09. The van der Waals surface area contributed by atoms with E-state index < -0.39 is 0 Å². The number of benzene rings is 2. The standard InChI is InChI=1S/C17H13FN4O2S/c18-12-4-2-1-3-11(12)16-21-22-15(19-20-17(22)25-16)10-5-6-13-14(9-10)24-8-7-23-13/h1-6,9,16,21H,7-8H2. The van der Waals surface area contributed by atoms with E-state index in [4.69, 9.17) is 9.47 Å². The lowest BCUT2D eigenvalue weighted by Crippen LogP contribution is -2.16. The van der Waals surface area contributed by atoms with Crippen LogP contribution in [0, 0.1) is 5.82 Å². The van der Waals surface area contributed by atoms with Crippen LogP contribution in [0.2, 0.25) is 0 Å². The van der Waals surface area contributed by atoms with E-state index in [9.17, 15) is 4.39 Å². The SMILES string of the molecule is Fc1ccccc1C1Nn2c(nnc2-c2ccc3c(c2)OCCO3)S1. The van der Waals surface area contributed by atoms with Gasteiger partial charge in [0.25, 0.3) is 0 Å². The van der Waals surface area contributed by atoms with E-state index in [1.54, 1.807) is 16.8 Å². The minimum absolute atomic E-state index is 0.243. The first-order valence-electron chi connectivity index (χ1n) is 7.83. The number of rotatable bonds is 2. The lowest BCUT2D eigenvalue weighted by molar-refractivity contribution is 0.171. The van der Waals surface area contributed by atoms with Crippen LogP contribution in [0.5, 0.6) is 11.5 Å². The molecule has 126 valence electrons. The van der Waals surface area contributed by atoms with Crippen LogP contribution in [0.4, 0.5) is 4.39 Å². The summed E-state index contributed by atoms with van der Waals surface area (Å²) in [5.74, 6) is 1.82. The molecule has 0 saturated heterocycles. The van der Waals surface area contributed by atoms with Crippen molar-refractivity contribution in [2.75, 3.05) is 18.6 Å². The van der Waals surface area contributed by atoms with Gasteiger partial charge in [0, 0.05) is 11.1 Å². The van der Waals surface area contributed by atoms with Gasteiger partial charge in [0.15, 0.2) is 17.3 Å². The Balaban J connectivity index is 1.49. The quantitative estimate of drug-likeness (QED) is 0.761. The molecule has 1 atom stereocenters. The van der Waals surface area contributed by atoms with Crippen molar-refractivity contribution < 1.29 is 13.9 Å². The van der Waals surface area contributed by atoms with Crippen LogP contribution in [0.15, 0.2) is 47.6 Å². The zero-order valence-corrected chi connectivity index (χ0v) is 13.8. The van der Waals surface area contributed by atoms with E-state index in [-0.39, 0.29) is 11.2 Å². The molecule has 1 N–H and O–H groups in total. The third kappa shape index (κ3) is 2.41. The van der Waals surface area contributed by atoms with Crippen molar-refractivity contribution in [1.29, 1.82) is 0 Å². The largest absolute Gasteiger partial charge is 0.486 e. The van der Waals surface area contributed by atoms with Gasteiger partial charge in [0.2, 0.25) is 5.16 Å². The van der Waals surface area contributed by atoms with Crippen molar-refractivity contribution in [2.24, 2.45) is 0 Å². The highest BCUT2D eigenvalue weighted by molar-refractivity contribution is 7.99. The van der Waals surface area contributed by atoms with Crippen LogP contribution >= 0.6 is 11.8 Å². The number of ether oxygens (including phenoxy) is 2. The summed E-state index contributed by atoms with van der Waals surface area (Å²) in [6.45, 7) is 1.08. The highest BCUT2D eigenvalue weighted by Crippen LogP contribution is 2.42. The number of thioether (sulfide) groups is 1. The minimum Gasteiger partial charge on any atom is -0.486 e. The Morgan fingerprint density at radius 2 is 1.92 bits per heavy atom. The molecule has 2 aliphatic heterocycles. The van der Waals surface area contributed by atoms with Crippen LogP contribution in [-0.2, 0) is 0 Å². The molecule has 0 spiro atoms. The normalized spacial score (nSPS) is 17.9. The molecule has 0 bridgehead atoms. The van der Waals surface area contributed by atoms with Gasteiger partial charge in [-0.25, -0.2) is 9.07 Å². The summed E-state index contributed by atoms with van der Waals surface area (Å²) in [6.07, 6.45) is 0. The Bertz CT molecular complexity index is 962. The van der Waals surface area contributed by atoms with Gasteiger partial charge in [0.1, 0.15) is 24.4 Å². The van der Waals surface area contributed by atoms with Gasteiger partial charge in [-0.2, -0.15) is 0 Å². The lowest BCUT2D eigenvalue weighted by atomic mass is 10.2. The summed E-state index contributed by atoms with van der Waals surface area (Å²) >= 11 is 1.43. The first kappa shape index (κ1) is 14.6. The molecule has 0 saturated carbocycles. The Morgan fingerprint density at radius 3 is 2.80 bits per heavy atom. The van der Waals surface area contributed by atoms with Crippen molar-refractivity contribution in [1.82, 2.24) is 14.9 Å². The molecule has 3 aromatic rings. The molecule has 0 aliphatic carbocycles. The van der Waals surface area contributed by atoms with Gasteiger partial charge >= 0.3 is 0 Å². The predicted octanol–water partition coefficient (Wildman–Crippen LogP) is 3.20. The molecule has 1 aromatic heterocycles. The zero-order valence-electron chi connectivity index (χ0n) is 13.0. The topological polar surface area (TPSA) is 61.2 Å². The highest BCUT2D eigenvalue weighted by atomic mass is 32.2.